The molecule has 2 heterocycles. The zero-order valence-corrected chi connectivity index (χ0v) is 20.3. The number of para-hydroxylation sites is 1. The second-order valence-corrected chi connectivity index (χ2v) is 10.4. The van der Waals surface area contributed by atoms with Gasteiger partial charge in [-0.05, 0) is 41.5 Å². The summed E-state index contributed by atoms with van der Waals surface area (Å²) >= 11 is 1.91. The molecule has 0 fully saturated rings. The quantitative estimate of drug-likeness (QED) is 0.234. The molecule has 0 amide bonds. The van der Waals surface area contributed by atoms with Crippen LogP contribution < -0.4 is 0 Å². The van der Waals surface area contributed by atoms with Gasteiger partial charge in [-0.3, -0.25) is 0 Å². The predicted octanol–water partition coefficient (Wildman–Crippen LogP) is 9.97. The fraction of sp³-hybridized carbons (Fsp3) is 0. The molecule has 0 atom stereocenters. The average molecular weight is 476 g/mol. The molecule has 8 rings (SSSR count). The summed E-state index contributed by atoms with van der Waals surface area (Å²) in [5.74, 6) is 0. The summed E-state index contributed by atoms with van der Waals surface area (Å²) in [6.45, 7) is 0. The molecule has 0 unspecified atom stereocenters. The van der Waals surface area contributed by atoms with Gasteiger partial charge in [-0.15, -0.1) is 11.3 Å². The van der Waals surface area contributed by atoms with E-state index in [1.165, 1.54) is 69.6 Å². The minimum atomic E-state index is 1.19. The van der Waals surface area contributed by atoms with Crippen molar-refractivity contribution >= 4 is 64.1 Å². The van der Waals surface area contributed by atoms with Gasteiger partial charge in [-0.25, -0.2) is 0 Å². The van der Waals surface area contributed by atoms with Crippen LogP contribution in [0, 0.1) is 0 Å². The molecular weight excluding hydrogens is 454 g/mol. The second kappa shape index (κ2) is 7.55. The summed E-state index contributed by atoms with van der Waals surface area (Å²) in [5.41, 5.74) is 6.20. The van der Waals surface area contributed by atoms with Crippen molar-refractivity contribution in [2.75, 3.05) is 0 Å². The number of benzene rings is 6. The molecule has 0 aliphatic heterocycles. The van der Waals surface area contributed by atoms with Crippen molar-refractivity contribution in [2.45, 2.75) is 0 Å². The van der Waals surface area contributed by atoms with Crippen LogP contribution in [0.1, 0.15) is 0 Å². The Balaban J connectivity index is 1.68. The highest BCUT2D eigenvalue weighted by molar-refractivity contribution is 7.27. The van der Waals surface area contributed by atoms with Crippen LogP contribution in [0.3, 0.4) is 0 Å². The molecule has 0 radical (unpaired) electrons. The van der Waals surface area contributed by atoms with Crippen LogP contribution >= 0.6 is 11.3 Å². The SMILES string of the molecule is c1ccc(-c2ccc3c(c2)c2c4c5ccccc5sc4c4ccccc4c2n3-c2ccccc2)cc1. The minimum Gasteiger partial charge on any atom is -0.309 e. The van der Waals surface area contributed by atoms with Crippen LogP contribution in [0.4, 0.5) is 0 Å². The molecule has 0 bridgehead atoms. The van der Waals surface area contributed by atoms with E-state index in [2.05, 4.69) is 132 Å². The van der Waals surface area contributed by atoms with Crippen molar-refractivity contribution in [3.05, 3.63) is 127 Å². The van der Waals surface area contributed by atoms with Crippen molar-refractivity contribution < 1.29 is 0 Å². The highest BCUT2D eigenvalue weighted by Crippen LogP contribution is 2.48. The number of rotatable bonds is 2. The van der Waals surface area contributed by atoms with Gasteiger partial charge in [-0.2, -0.15) is 0 Å². The smallest absolute Gasteiger partial charge is 0.0626 e. The third-order valence-electron chi connectivity index (χ3n) is 7.36. The van der Waals surface area contributed by atoms with Gasteiger partial charge in [0.2, 0.25) is 0 Å². The van der Waals surface area contributed by atoms with Crippen LogP contribution in [0.5, 0.6) is 0 Å². The molecule has 0 aliphatic carbocycles. The first kappa shape index (κ1) is 19.9. The summed E-state index contributed by atoms with van der Waals surface area (Å²) < 4.78 is 5.18. The standard InChI is InChI=1S/C34H21NS/c1-3-11-22(12-4-1)23-19-20-29-28(21-23)31-32-27-17-9-10-18-30(27)36-34(32)26-16-8-7-15-25(26)33(31)35(29)24-13-5-2-6-14-24/h1-21H. The molecule has 168 valence electrons. The second-order valence-electron chi connectivity index (χ2n) is 9.34. The van der Waals surface area contributed by atoms with E-state index in [-0.39, 0.29) is 0 Å². The van der Waals surface area contributed by atoms with Crippen LogP contribution in [-0.4, -0.2) is 4.57 Å². The first-order chi connectivity index (χ1) is 17.9. The molecule has 6 aromatic carbocycles. The molecule has 0 saturated heterocycles. The zero-order valence-electron chi connectivity index (χ0n) is 19.5. The summed E-state index contributed by atoms with van der Waals surface area (Å²) in [6.07, 6.45) is 0. The van der Waals surface area contributed by atoms with E-state index in [0.29, 0.717) is 0 Å². The Morgan fingerprint density at radius 2 is 1.14 bits per heavy atom. The number of nitrogens with zero attached hydrogens (tertiary/aromatic N) is 1. The number of hydrogen-bond acceptors (Lipinski definition) is 1. The van der Waals surface area contributed by atoms with E-state index in [9.17, 15) is 0 Å². The predicted molar refractivity (Wildman–Crippen MR) is 157 cm³/mol. The van der Waals surface area contributed by atoms with E-state index in [1.807, 2.05) is 11.3 Å². The van der Waals surface area contributed by atoms with E-state index in [4.69, 9.17) is 0 Å². The van der Waals surface area contributed by atoms with E-state index < -0.39 is 0 Å². The lowest BCUT2D eigenvalue weighted by molar-refractivity contribution is 1.19. The largest absolute Gasteiger partial charge is 0.309 e. The van der Waals surface area contributed by atoms with E-state index in [1.54, 1.807) is 0 Å². The highest BCUT2D eigenvalue weighted by atomic mass is 32.1. The lowest BCUT2D eigenvalue weighted by Crippen LogP contribution is -1.94. The summed E-state index contributed by atoms with van der Waals surface area (Å²) in [5, 5.41) is 7.98. The third-order valence-corrected chi connectivity index (χ3v) is 8.57. The Hall–Kier alpha value is -4.40. The highest BCUT2D eigenvalue weighted by Gasteiger charge is 2.21. The lowest BCUT2D eigenvalue weighted by atomic mass is 9.98. The summed E-state index contributed by atoms with van der Waals surface area (Å²) in [4.78, 5) is 0. The fourth-order valence-corrected chi connectivity index (χ4v) is 7.07. The summed E-state index contributed by atoms with van der Waals surface area (Å²) in [7, 11) is 0. The van der Waals surface area contributed by atoms with Crippen molar-refractivity contribution in [3.63, 3.8) is 0 Å². The zero-order chi connectivity index (χ0) is 23.6. The normalized spacial score (nSPS) is 11.9. The van der Waals surface area contributed by atoms with Crippen LogP contribution in [-0.2, 0) is 0 Å². The first-order valence-corrected chi connectivity index (χ1v) is 13.1. The van der Waals surface area contributed by atoms with Crippen molar-refractivity contribution in [3.8, 4) is 16.8 Å². The maximum absolute atomic E-state index is 2.47. The molecule has 2 aromatic heterocycles. The Morgan fingerprint density at radius 1 is 0.472 bits per heavy atom. The van der Waals surface area contributed by atoms with E-state index in [0.717, 1.165) is 0 Å². The van der Waals surface area contributed by atoms with Gasteiger partial charge in [0, 0.05) is 47.4 Å². The fourth-order valence-electron chi connectivity index (χ4n) is 5.83. The van der Waals surface area contributed by atoms with Gasteiger partial charge in [0.25, 0.3) is 0 Å². The Morgan fingerprint density at radius 3 is 1.94 bits per heavy atom. The van der Waals surface area contributed by atoms with Gasteiger partial charge in [0.05, 0.1) is 11.0 Å². The summed E-state index contributed by atoms with van der Waals surface area (Å²) in [6, 6.07) is 46.2. The molecular formula is C34H21NS. The molecule has 8 aromatic rings. The maximum Gasteiger partial charge on any atom is 0.0626 e. The van der Waals surface area contributed by atoms with Crippen LogP contribution in [0.15, 0.2) is 127 Å². The van der Waals surface area contributed by atoms with Crippen LogP contribution in [0.25, 0.3) is 69.6 Å². The maximum atomic E-state index is 2.47. The van der Waals surface area contributed by atoms with E-state index >= 15 is 0 Å². The topological polar surface area (TPSA) is 4.93 Å². The minimum absolute atomic E-state index is 1.19. The van der Waals surface area contributed by atoms with Gasteiger partial charge >= 0.3 is 0 Å². The molecule has 0 aliphatic rings. The molecule has 1 nitrogen and oxygen atoms in total. The Kier molecular flexibility index (Phi) is 4.16. The van der Waals surface area contributed by atoms with Gasteiger partial charge in [0.1, 0.15) is 0 Å². The Labute approximate surface area is 212 Å². The average Bonchev–Trinajstić information content (AvgIpc) is 3.50. The Bertz CT molecular complexity index is 2080. The van der Waals surface area contributed by atoms with Crippen molar-refractivity contribution in [1.82, 2.24) is 4.57 Å². The molecule has 0 saturated carbocycles. The molecule has 36 heavy (non-hydrogen) atoms. The van der Waals surface area contributed by atoms with Gasteiger partial charge in [-0.1, -0.05) is 97.1 Å². The number of aromatic nitrogens is 1. The molecule has 0 N–H and O–H groups in total. The van der Waals surface area contributed by atoms with Crippen molar-refractivity contribution in [1.29, 1.82) is 0 Å². The monoisotopic (exact) mass is 475 g/mol. The lowest BCUT2D eigenvalue weighted by Gasteiger charge is -2.10. The first-order valence-electron chi connectivity index (χ1n) is 12.3. The molecule has 2 heteroatoms. The van der Waals surface area contributed by atoms with Crippen LogP contribution in [0.2, 0.25) is 0 Å². The number of hydrogen-bond donors (Lipinski definition) is 0. The number of thiophene rings is 1. The van der Waals surface area contributed by atoms with Gasteiger partial charge in [0.15, 0.2) is 0 Å². The molecule has 0 spiro atoms. The van der Waals surface area contributed by atoms with Crippen molar-refractivity contribution in [2.24, 2.45) is 0 Å². The number of fused-ring (bicyclic) bond motifs is 10. The third kappa shape index (κ3) is 2.71. The van der Waals surface area contributed by atoms with Gasteiger partial charge < -0.3 is 4.57 Å².